The third-order valence-corrected chi connectivity index (χ3v) is 1.98. The van der Waals surface area contributed by atoms with Crippen molar-refractivity contribution >= 4 is 5.71 Å². The highest BCUT2D eigenvalue weighted by molar-refractivity contribution is 5.81. The topological polar surface area (TPSA) is 30.8 Å². The third kappa shape index (κ3) is 4.02. The van der Waals surface area contributed by atoms with Crippen LogP contribution in [0, 0.1) is 0 Å². The van der Waals surface area contributed by atoms with Gasteiger partial charge in [-0.2, -0.15) is 0 Å². The summed E-state index contributed by atoms with van der Waals surface area (Å²) in [5.41, 5.74) is 1.01. The van der Waals surface area contributed by atoms with Crippen LogP contribution in [-0.4, -0.2) is 12.8 Å². The van der Waals surface area contributed by atoms with Crippen molar-refractivity contribution in [2.75, 3.05) is 7.11 Å². The smallest absolute Gasteiger partial charge is 0.158 e. The van der Waals surface area contributed by atoms with E-state index in [0.717, 1.165) is 30.1 Å². The summed E-state index contributed by atoms with van der Waals surface area (Å²) in [4.78, 5) is 5.25. The minimum absolute atomic E-state index is 0.728. The Morgan fingerprint density at radius 2 is 1.80 bits per heavy atom. The SMILES string of the molecule is CCC/C(C)=N/Oc1ccc(OC)cc1. The standard InChI is InChI=1S/C12H17NO2/c1-4-5-10(2)13-15-12-8-6-11(14-3)7-9-12/h6-9H,4-5H2,1-3H3/b13-10+. The summed E-state index contributed by atoms with van der Waals surface area (Å²) in [7, 11) is 1.64. The van der Waals surface area contributed by atoms with Crippen molar-refractivity contribution in [3.8, 4) is 11.5 Å². The van der Waals surface area contributed by atoms with E-state index in [1.54, 1.807) is 7.11 Å². The Bertz CT molecular complexity index is 317. The van der Waals surface area contributed by atoms with Crippen LogP contribution < -0.4 is 9.57 Å². The molecule has 0 atom stereocenters. The highest BCUT2D eigenvalue weighted by atomic mass is 16.6. The van der Waals surface area contributed by atoms with E-state index < -0.39 is 0 Å². The van der Waals surface area contributed by atoms with Gasteiger partial charge in [0.05, 0.1) is 12.8 Å². The average Bonchev–Trinajstić information content (AvgIpc) is 2.27. The van der Waals surface area contributed by atoms with E-state index in [0.29, 0.717) is 0 Å². The highest BCUT2D eigenvalue weighted by Gasteiger charge is 1.95. The first-order chi connectivity index (χ1) is 7.26. The van der Waals surface area contributed by atoms with Gasteiger partial charge >= 0.3 is 0 Å². The molecule has 0 aromatic heterocycles. The van der Waals surface area contributed by atoms with E-state index >= 15 is 0 Å². The van der Waals surface area contributed by atoms with Gasteiger partial charge in [0.1, 0.15) is 5.75 Å². The van der Waals surface area contributed by atoms with Gasteiger partial charge in [0, 0.05) is 0 Å². The molecule has 0 unspecified atom stereocenters. The molecular formula is C12H17NO2. The van der Waals surface area contributed by atoms with Crippen molar-refractivity contribution in [1.82, 2.24) is 0 Å². The fraction of sp³-hybridized carbons (Fsp3) is 0.417. The fourth-order valence-electron chi connectivity index (χ4n) is 1.17. The summed E-state index contributed by atoms with van der Waals surface area (Å²) in [6.07, 6.45) is 2.05. The van der Waals surface area contributed by atoms with Crippen LogP contribution in [-0.2, 0) is 0 Å². The van der Waals surface area contributed by atoms with Gasteiger partial charge in [0.15, 0.2) is 5.75 Å². The maximum absolute atomic E-state index is 5.25. The minimum Gasteiger partial charge on any atom is -0.497 e. The van der Waals surface area contributed by atoms with Crippen LogP contribution in [0.3, 0.4) is 0 Å². The first-order valence-electron chi connectivity index (χ1n) is 5.10. The summed E-state index contributed by atoms with van der Waals surface area (Å²) in [6.45, 7) is 4.08. The Hall–Kier alpha value is -1.51. The van der Waals surface area contributed by atoms with E-state index in [4.69, 9.17) is 9.57 Å². The zero-order valence-electron chi connectivity index (χ0n) is 9.49. The lowest BCUT2D eigenvalue weighted by Crippen LogP contribution is -1.94. The largest absolute Gasteiger partial charge is 0.497 e. The zero-order valence-corrected chi connectivity index (χ0v) is 9.49. The summed E-state index contributed by atoms with van der Waals surface area (Å²) in [6, 6.07) is 7.36. The molecule has 0 N–H and O–H groups in total. The molecule has 3 nitrogen and oxygen atoms in total. The van der Waals surface area contributed by atoms with Crippen LogP contribution in [0.5, 0.6) is 11.5 Å². The normalized spacial score (nSPS) is 11.3. The van der Waals surface area contributed by atoms with Crippen LogP contribution in [0.2, 0.25) is 0 Å². The Balaban J connectivity index is 2.54. The van der Waals surface area contributed by atoms with Gasteiger partial charge in [-0.1, -0.05) is 18.5 Å². The van der Waals surface area contributed by atoms with Gasteiger partial charge in [-0.25, -0.2) is 0 Å². The molecule has 1 aromatic carbocycles. The van der Waals surface area contributed by atoms with Crippen molar-refractivity contribution in [3.05, 3.63) is 24.3 Å². The molecule has 3 heteroatoms. The van der Waals surface area contributed by atoms with E-state index in [-0.39, 0.29) is 0 Å². The summed E-state index contributed by atoms with van der Waals surface area (Å²) >= 11 is 0. The maximum Gasteiger partial charge on any atom is 0.158 e. The van der Waals surface area contributed by atoms with E-state index in [9.17, 15) is 0 Å². The number of oxime groups is 1. The summed E-state index contributed by atoms with van der Waals surface area (Å²) < 4.78 is 5.04. The molecule has 0 saturated heterocycles. The molecule has 1 rings (SSSR count). The lowest BCUT2D eigenvalue weighted by molar-refractivity contribution is 0.338. The van der Waals surface area contributed by atoms with Crippen LogP contribution in [0.15, 0.2) is 29.4 Å². The number of methoxy groups -OCH3 is 1. The number of nitrogens with zero attached hydrogens (tertiary/aromatic N) is 1. The average molecular weight is 207 g/mol. The van der Waals surface area contributed by atoms with Crippen molar-refractivity contribution in [1.29, 1.82) is 0 Å². The number of benzene rings is 1. The second-order valence-electron chi connectivity index (χ2n) is 3.34. The molecule has 0 bridgehead atoms. The molecule has 0 spiro atoms. The monoisotopic (exact) mass is 207 g/mol. The molecule has 0 aliphatic heterocycles. The molecule has 0 aliphatic rings. The van der Waals surface area contributed by atoms with Gasteiger partial charge in [-0.15, -0.1) is 0 Å². The lowest BCUT2D eigenvalue weighted by atomic mass is 10.2. The van der Waals surface area contributed by atoms with Crippen molar-refractivity contribution < 1.29 is 9.57 Å². The zero-order chi connectivity index (χ0) is 11.1. The summed E-state index contributed by atoms with van der Waals surface area (Å²) in [5.74, 6) is 1.54. The lowest BCUT2D eigenvalue weighted by Gasteiger charge is -2.02. The first kappa shape index (κ1) is 11.6. The van der Waals surface area contributed by atoms with Crippen molar-refractivity contribution in [2.24, 2.45) is 5.16 Å². The molecule has 1 aromatic rings. The van der Waals surface area contributed by atoms with E-state index in [1.165, 1.54) is 0 Å². The van der Waals surface area contributed by atoms with Crippen LogP contribution >= 0.6 is 0 Å². The van der Waals surface area contributed by atoms with Crippen molar-refractivity contribution in [3.63, 3.8) is 0 Å². The molecule has 0 amide bonds. The van der Waals surface area contributed by atoms with Crippen LogP contribution in [0.25, 0.3) is 0 Å². The fourth-order valence-corrected chi connectivity index (χ4v) is 1.17. The number of hydrogen-bond donors (Lipinski definition) is 0. The Kier molecular flexibility index (Phi) is 4.68. The third-order valence-electron chi connectivity index (χ3n) is 1.98. The molecule has 0 aliphatic carbocycles. The van der Waals surface area contributed by atoms with Crippen molar-refractivity contribution in [2.45, 2.75) is 26.7 Å². The van der Waals surface area contributed by atoms with Crippen LogP contribution in [0.1, 0.15) is 26.7 Å². The van der Waals surface area contributed by atoms with E-state index in [2.05, 4.69) is 12.1 Å². The molecule has 82 valence electrons. The molecule has 0 radical (unpaired) electrons. The number of rotatable bonds is 5. The highest BCUT2D eigenvalue weighted by Crippen LogP contribution is 2.17. The van der Waals surface area contributed by atoms with Gasteiger partial charge in [0.25, 0.3) is 0 Å². The number of hydrogen-bond acceptors (Lipinski definition) is 3. The first-order valence-corrected chi connectivity index (χ1v) is 5.10. The minimum atomic E-state index is 0.728. The Labute approximate surface area is 90.7 Å². The molecule has 0 heterocycles. The quantitative estimate of drug-likeness (QED) is 0.548. The number of ether oxygens (including phenoxy) is 1. The second-order valence-corrected chi connectivity index (χ2v) is 3.34. The maximum atomic E-state index is 5.25. The van der Waals surface area contributed by atoms with Gasteiger partial charge in [-0.3, -0.25) is 0 Å². The summed E-state index contributed by atoms with van der Waals surface area (Å²) in [5, 5.41) is 4.02. The second kappa shape index (κ2) is 6.06. The molecule has 15 heavy (non-hydrogen) atoms. The van der Waals surface area contributed by atoms with Gasteiger partial charge in [0.2, 0.25) is 0 Å². The molecular weight excluding hydrogens is 190 g/mol. The predicted molar refractivity (Wildman–Crippen MR) is 61.6 cm³/mol. The Morgan fingerprint density at radius 1 is 1.20 bits per heavy atom. The Morgan fingerprint density at radius 3 is 2.33 bits per heavy atom. The van der Waals surface area contributed by atoms with Gasteiger partial charge in [-0.05, 0) is 37.6 Å². The van der Waals surface area contributed by atoms with Crippen LogP contribution in [0.4, 0.5) is 0 Å². The predicted octanol–water partition coefficient (Wildman–Crippen LogP) is 3.25. The molecule has 0 saturated carbocycles. The van der Waals surface area contributed by atoms with Gasteiger partial charge < -0.3 is 9.57 Å². The molecule has 0 fully saturated rings. The van der Waals surface area contributed by atoms with E-state index in [1.807, 2.05) is 31.2 Å².